The van der Waals surface area contributed by atoms with Crippen molar-refractivity contribution >= 4 is 17.3 Å². The number of nitrogens with zero attached hydrogens (tertiary/aromatic N) is 2. The first-order chi connectivity index (χ1) is 16.5. The molecule has 1 N–H and O–H groups in total. The molecule has 0 fully saturated rings. The molecule has 0 aliphatic carbocycles. The Hall–Kier alpha value is -3.74. The van der Waals surface area contributed by atoms with E-state index in [9.17, 15) is 9.18 Å². The van der Waals surface area contributed by atoms with Gasteiger partial charge in [-0.1, -0.05) is 36.4 Å². The molecule has 0 spiro atoms. The summed E-state index contributed by atoms with van der Waals surface area (Å²) in [5.41, 5.74) is 3.67. The number of methoxy groups -OCH3 is 1. The average Bonchev–Trinajstić information content (AvgIpc) is 3.00. The molecule has 7 heteroatoms. The van der Waals surface area contributed by atoms with E-state index in [1.807, 2.05) is 65.4 Å². The Kier molecular flexibility index (Phi) is 7.52. The zero-order chi connectivity index (χ0) is 23.9. The molecule has 1 aliphatic rings. The van der Waals surface area contributed by atoms with Gasteiger partial charge in [0.25, 0.3) is 0 Å². The second-order valence-corrected chi connectivity index (χ2v) is 8.37. The highest BCUT2D eigenvalue weighted by Gasteiger charge is 2.21. The number of amides is 1. The molecule has 1 heterocycles. The maximum absolute atomic E-state index is 13.8. The first-order valence-corrected chi connectivity index (χ1v) is 11.4. The summed E-state index contributed by atoms with van der Waals surface area (Å²) in [5.74, 6) is 0.901. The van der Waals surface area contributed by atoms with Gasteiger partial charge in [-0.15, -0.1) is 0 Å². The maximum Gasteiger partial charge on any atom is 0.239 e. The number of carbonyl (C=O) groups is 1. The van der Waals surface area contributed by atoms with Crippen LogP contribution < -0.4 is 24.6 Å². The average molecular weight is 464 g/mol. The molecule has 0 unspecified atom stereocenters. The third-order valence-electron chi connectivity index (χ3n) is 5.90. The standard InChI is InChI=1S/C27H30FN3O3/c1-30-13-6-14-31(23-11-10-22(28)16-24(23)30)18-27(32)29-17-21-9-12-25(26(15-21)33-2)34-19-20-7-4-3-5-8-20/h3-5,7-12,15-16H,6,13-14,17-19H2,1-2H3,(H,29,32). The van der Waals surface area contributed by atoms with Gasteiger partial charge in [-0.05, 0) is 47.9 Å². The largest absolute Gasteiger partial charge is 0.493 e. The fourth-order valence-corrected chi connectivity index (χ4v) is 4.08. The van der Waals surface area contributed by atoms with Gasteiger partial charge in [0.1, 0.15) is 12.4 Å². The van der Waals surface area contributed by atoms with E-state index < -0.39 is 0 Å². The van der Waals surface area contributed by atoms with Crippen molar-refractivity contribution in [2.24, 2.45) is 0 Å². The van der Waals surface area contributed by atoms with E-state index in [2.05, 4.69) is 5.32 Å². The van der Waals surface area contributed by atoms with Crippen LogP contribution in [0.15, 0.2) is 66.7 Å². The molecule has 6 nitrogen and oxygen atoms in total. The molecule has 34 heavy (non-hydrogen) atoms. The Morgan fingerprint density at radius 2 is 1.79 bits per heavy atom. The van der Waals surface area contributed by atoms with Gasteiger partial charge in [-0.2, -0.15) is 0 Å². The van der Waals surface area contributed by atoms with E-state index in [1.165, 1.54) is 12.1 Å². The second-order valence-electron chi connectivity index (χ2n) is 8.37. The van der Waals surface area contributed by atoms with Crippen molar-refractivity contribution in [2.75, 3.05) is 43.6 Å². The molecule has 0 saturated heterocycles. The molecular weight excluding hydrogens is 433 g/mol. The summed E-state index contributed by atoms with van der Waals surface area (Å²) in [7, 11) is 3.55. The first-order valence-electron chi connectivity index (χ1n) is 11.4. The smallest absolute Gasteiger partial charge is 0.239 e. The number of carbonyl (C=O) groups excluding carboxylic acids is 1. The SMILES string of the molecule is COc1cc(CNC(=O)CN2CCCN(C)c3cc(F)ccc32)ccc1OCc1ccccc1. The van der Waals surface area contributed by atoms with Gasteiger partial charge in [0.15, 0.2) is 11.5 Å². The minimum absolute atomic E-state index is 0.0943. The number of hydrogen-bond acceptors (Lipinski definition) is 5. The molecule has 3 aromatic carbocycles. The second kappa shape index (κ2) is 10.9. The molecule has 1 aliphatic heterocycles. The van der Waals surface area contributed by atoms with Crippen LogP contribution in [0.25, 0.3) is 0 Å². The van der Waals surface area contributed by atoms with Gasteiger partial charge in [-0.25, -0.2) is 4.39 Å². The number of benzene rings is 3. The predicted octanol–water partition coefficient (Wildman–Crippen LogP) is 4.38. The summed E-state index contributed by atoms with van der Waals surface area (Å²) in [5, 5.41) is 2.98. The number of fused-ring (bicyclic) bond motifs is 1. The Morgan fingerprint density at radius 1 is 0.971 bits per heavy atom. The van der Waals surface area contributed by atoms with Crippen LogP contribution in [-0.2, 0) is 17.9 Å². The number of halogens is 1. The Bertz CT molecular complexity index is 1120. The summed E-state index contributed by atoms with van der Waals surface area (Å²) in [6.07, 6.45) is 0.891. The molecule has 3 aromatic rings. The normalized spacial score (nSPS) is 13.1. The van der Waals surface area contributed by atoms with Crippen LogP contribution in [-0.4, -0.2) is 39.7 Å². The fourth-order valence-electron chi connectivity index (χ4n) is 4.08. The van der Waals surface area contributed by atoms with Crippen LogP contribution in [0.2, 0.25) is 0 Å². The summed E-state index contributed by atoms with van der Waals surface area (Å²) < 4.78 is 25.2. The summed E-state index contributed by atoms with van der Waals surface area (Å²) in [6, 6.07) is 20.3. The molecule has 0 atom stereocenters. The summed E-state index contributed by atoms with van der Waals surface area (Å²) >= 11 is 0. The van der Waals surface area contributed by atoms with Crippen LogP contribution in [0.4, 0.5) is 15.8 Å². The first kappa shape index (κ1) is 23.4. The highest BCUT2D eigenvalue weighted by molar-refractivity contribution is 5.84. The van der Waals surface area contributed by atoms with E-state index in [-0.39, 0.29) is 18.3 Å². The maximum atomic E-state index is 13.8. The summed E-state index contributed by atoms with van der Waals surface area (Å²) in [6.45, 7) is 2.58. The molecular formula is C27H30FN3O3. The Balaban J connectivity index is 1.36. The van der Waals surface area contributed by atoms with E-state index in [0.717, 1.165) is 42.0 Å². The lowest BCUT2D eigenvalue weighted by Crippen LogP contribution is -2.37. The number of nitrogens with one attached hydrogen (secondary N) is 1. The third kappa shape index (κ3) is 5.78. The molecule has 4 rings (SSSR count). The quantitative estimate of drug-likeness (QED) is 0.538. The molecule has 178 valence electrons. The van der Waals surface area contributed by atoms with E-state index >= 15 is 0 Å². The van der Waals surface area contributed by atoms with Crippen molar-refractivity contribution in [3.05, 3.63) is 83.7 Å². The lowest BCUT2D eigenvalue weighted by molar-refractivity contribution is -0.119. The highest BCUT2D eigenvalue weighted by Crippen LogP contribution is 2.32. The van der Waals surface area contributed by atoms with Crippen molar-refractivity contribution in [1.82, 2.24) is 5.32 Å². The zero-order valence-electron chi connectivity index (χ0n) is 19.6. The van der Waals surface area contributed by atoms with E-state index in [1.54, 1.807) is 13.2 Å². The van der Waals surface area contributed by atoms with E-state index in [4.69, 9.17) is 9.47 Å². The zero-order valence-corrected chi connectivity index (χ0v) is 19.6. The lowest BCUT2D eigenvalue weighted by atomic mass is 10.2. The monoisotopic (exact) mass is 463 g/mol. The van der Waals surface area contributed by atoms with Crippen LogP contribution in [0.5, 0.6) is 11.5 Å². The van der Waals surface area contributed by atoms with Gasteiger partial charge in [0.2, 0.25) is 5.91 Å². The molecule has 0 bridgehead atoms. The number of hydrogen-bond donors (Lipinski definition) is 1. The van der Waals surface area contributed by atoms with Gasteiger partial charge in [0.05, 0.1) is 25.0 Å². The fraction of sp³-hybridized carbons (Fsp3) is 0.296. The number of rotatable bonds is 8. The third-order valence-corrected chi connectivity index (χ3v) is 5.90. The molecule has 0 saturated carbocycles. The van der Waals surface area contributed by atoms with Crippen molar-refractivity contribution in [3.63, 3.8) is 0 Å². The predicted molar refractivity (Wildman–Crippen MR) is 132 cm³/mol. The van der Waals surface area contributed by atoms with Crippen LogP contribution >= 0.6 is 0 Å². The Labute approximate surface area is 199 Å². The number of ether oxygens (including phenoxy) is 2. The van der Waals surface area contributed by atoms with E-state index in [0.29, 0.717) is 24.7 Å². The molecule has 0 radical (unpaired) electrons. The highest BCUT2D eigenvalue weighted by atomic mass is 19.1. The molecule has 0 aromatic heterocycles. The number of anilines is 2. The van der Waals surface area contributed by atoms with Crippen LogP contribution in [0.3, 0.4) is 0 Å². The lowest BCUT2D eigenvalue weighted by Gasteiger charge is -2.25. The Morgan fingerprint density at radius 3 is 2.59 bits per heavy atom. The van der Waals surface area contributed by atoms with Gasteiger partial charge < -0.3 is 24.6 Å². The van der Waals surface area contributed by atoms with Gasteiger partial charge >= 0.3 is 0 Å². The van der Waals surface area contributed by atoms with Crippen LogP contribution in [0, 0.1) is 5.82 Å². The van der Waals surface area contributed by atoms with Gasteiger partial charge in [-0.3, -0.25) is 4.79 Å². The van der Waals surface area contributed by atoms with Crippen LogP contribution in [0.1, 0.15) is 17.5 Å². The molecule has 1 amide bonds. The van der Waals surface area contributed by atoms with Crippen molar-refractivity contribution in [1.29, 1.82) is 0 Å². The summed E-state index contributed by atoms with van der Waals surface area (Å²) in [4.78, 5) is 16.8. The minimum Gasteiger partial charge on any atom is -0.493 e. The van der Waals surface area contributed by atoms with Crippen molar-refractivity contribution in [2.45, 2.75) is 19.6 Å². The van der Waals surface area contributed by atoms with Crippen molar-refractivity contribution in [3.8, 4) is 11.5 Å². The topological polar surface area (TPSA) is 54.0 Å². The van der Waals surface area contributed by atoms with Crippen molar-refractivity contribution < 1.29 is 18.7 Å². The minimum atomic E-state index is -0.276. The van der Waals surface area contributed by atoms with Gasteiger partial charge in [0, 0.05) is 26.7 Å².